The summed E-state index contributed by atoms with van der Waals surface area (Å²) in [6.07, 6.45) is 10.2. The molecule has 3 rings (SSSR count). The van der Waals surface area contributed by atoms with Crippen LogP contribution in [0.3, 0.4) is 0 Å². The molecule has 1 aliphatic carbocycles. The van der Waals surface area contributed by atoms with Crippen molar-refractivity contribution < 1.29 is 4.52 Å². The second kappa shape index (κ2) is 6.68. The minimum atomic E-state index is -0.116. The monoisotopic (exact) mass is 278 g/mol. The van der Waals surface area contributed by atoms with E-state index >= 15 is 0 Å². The van der Waals surface area contributed by atoms with Gasteiger partial charge in [0.1, 0.15) is 0 Å². The normalized spacial score (nSPS) is 23.9. The van der Waals surface area contributed by atoms with Crippen molar-refractivity contribution in [1.29, 1.82) is 0 Å². The van der Waals surface area contributed by atoms with Gasteiger partial charge in [-0.1, -0.05) is 30.8 Å². The first-order chi connectivity index (χ1) is 9.83. The lowest BCUT2D eigenvalue weighted by molar-refractivity contribution is 0.213. The number of nitrogens with zero attached hydrogens (tertiary/aromatic N) is 3. The summed E-state index contributed by atoms with van der Waals surface area (Å²) in [5, 5.41) is 4.12. The van der Waals surface area contributed by atoms with Crippen LogP contribution in [0.4, 0.5) is 0 Å². The van der Waals surface area contributed by atoms with Gasteiger partial charge in [-0.3, -0.25) is 0 Å². The van der Waals surface area contributed by atoms with Crippen LogP contribution in [-0.2, 0) is 0 Å². The van der Waals surface area contributed by atoms with Crippen molar-refractivity contribution in [1.82, 2.24) is 15.0 Å². The first kappa shape index (κ1) is 14.0. The molecule has 1 aromatic rings. The second-order valence-electron chi connectivity index (χ2n) is 6.29. The Morgan fingerprint density at radius 2 is 1.80 bits per heavy atom. The molecule has 2 heterocycles. The number of piperidine rings is 1. The lowest BCUT2D eigenvalue weighted by atomic mass is 9.89. The Kier molecular flexibility index (Phi) is 4.68. The molecule has 1 aromatic heterocycles. The molecule has 2 fully saturated rings. The molecule has 0 radical (unpaired) electrons. The number of likely N-dealkylation sites (tertiary alicyclic amines) is 1. The molecule has 1 atom stereocenters. The van der Waals surface area contributed by atoms with Crippen molar-refractivity contribution in [2.75, 3.05) is 19.6 Å². The Morgan fingerprint density at radius 3 is 2.55 bits per heavy atom. The van der Waals surface area contributed by atoms with E-state index in [0.717, 1.165) is 25.5 Å². The second-order valence-corrected chi connectivity index (χ2v) is 6.29. The van der Waals surface area contributed by atoms with Crippen LogP contribution in [0.15, 0.2) is 4.52 Å². The van der Waals surface area contributed by atoms with Crippen molar-refractivity contribution in [2.45, 2.75) is 63.3 Å². The van der Waals surface area contributed by atoms with Gasteiger partial charge < -0.3 is 15.2 Å². The minimum absolute atomic E-state index is 0.116. The van der Waals surface area contributed by atoms with Crippen molar-refractivity contribution in [3.63, 3.8) is 0 Å². The van der Waals surface area contributed by atoms with Gasteiger partial charge in [-0.05, 0) is 38.8 Å². The molecule has 20 heavy (non-hydrogen) atoms. The Bertz CT molecular complexity index is 408. The smallest absolute Gasteiger partial charge is 0.229 e. The summed E-state index contributed by atoms with van der Waals surface area (Å²) in [4.78, 5) is 6.99. The number of nitrogens with two attached hydrogens (primary N) is 1. The van der Waals surface area contributed by atoms with Gasteiger partial charge in [0, 0.05) is 12.5 Å². The molecule has 112 valence electrons. The highest BCUT2D eigenvalue weighted by Crippen LogP contribution is 2.31. The quantitative estimate of drug-likeness (QED) is 0.917. The van der Waals surface area contributed by atoms with E-state index in [4.69, 9.17) is 10.3 Å². The van der Waals surface area contributed by atoms with Crippen LogP contribution in [0, 0.1) is 0 Å². The van der Waals surface area contributed by atoms with Crippen LogP contribution in [0.25, 0.3) is 0 Å². The molecule has 1 saturated heterocycles. The molecule has 5 nitrogen and oxygen atoms in total. The van der Waals surface area contributed by atoms with Crippen molar-refractivity contribution in [3.8, 4) is 0 Å². The highest BCUT2D eigenvalue weighted by molar-refractivity contribution is 4.99. The average molecular weight is 278 g/mol. The molecule has 2 N–H and O–H groups in total. The van der Waals surface area contributed by atoms with Gasteiger partial charge in [-0.15, -0.1) is 0 Å². The maximum atomic E-state index is 6.24. The van der Waals surface area contributed by atoms with Crippen LogP contribution in [0.5, 0.6) is 0 Å². The van der Waals surface area contributed by atoms with E-state index in [9.17, 15) is 0 Å². The fourth-order valence-corrected chi connectivity index (χ4v) is 3.42. The van der Waals surface area contributed by atoms with Crippen molar-refractivity contribution in [3.05, 3.63) is 11.7 Å². The van der Waals surface area contributed by atoms with Gasteiger partial charge in [0.25, 0.3) is 0 Å². The lowest BCUT2D eigenvalue weighted by Crippen LogP contribution is -2.36. The van der Waals surface area contributed by atoms with E-state index in [2.05, 4.69) is 15.0 Å². The van der Waals surface area contributed by atoms with Crippen LogP contribution < -0.4 is 5.73 Å². The van der Waals surface area contributed by atoms with Gasteiger partial charge in [0.2, 0.25) is 5.89 Å². The summed E-state index contributed by atoms with van der Waals surface area (Å²) in [5.41, 5.74) is 6.24. The highest BCUT2D eigenvalue weighted by Gasteiger charge is 2.24. The SMILES string of the molecule is NC(CN1CCCCC1)c1noc(C2CCCCC2)n1. The largest absolute Gasteiger partial charge is 0.339 e. The molecule has 0 bridgehead atoms. The lowest BCUT2D eigenvalue weighted by Gasteiger charge is -2.27. The predicted octanol–water partition coefficient (Wildman–Crippen LogP) is 2.60. The van der Waals surface area contributed by atoms with Crippen LogP contribution in [-0.4, -0.2) is 34.7 Å². The zero-order valence-electron chi connectivity index (χ0n) is 12.3. The van der Waals surface area contributed by atoms with E-state index in [1.54, 1.807) is 0 Å². The maximum absolute atomic E-state index is 6.24. The summed E-state index contributed by atoms with van der Waals surface area (Å²) in [6, 6.07) is -0.116. The summed E-state index contributed by atoms with van der Waals surface area (Å²) in [6.45, 7) is 3.16. The van der Waals surface area contributed by atoms with Crippen LogP contribution in [0.2, 0.25) is 0 Å². The zero-order valence-corrected chi connectivity index (χ0v) is 12.3. The molecule has 2 aliphatic rings. The number of aromatic nitrogens is 2. The third kappa shape index (κ3) is 3.38. The van der Waals surface area contributed by atoms with Gasteiger partial charge >= 0.3 is 0 Å². The van der Waals surface area contributed by atoms with Gasteiger partial charge in [0.05, 0.1) is 6.04 Å². The summed E-state index contributed by atoms with van der Waals surface area (Å²) < 4.78 is 5.45. The number of hydrogen-bond acceptors (Lipinski definition) is 5. The summed E-state index contributed by atoms with van der Waals surface area (Å²) in [7, 11) is 0. The average Bonchev–Trinajstić information content (AvgIpc) is 2.99. The van der Waals surface area contributed by atoms with Gasteiger partial charge in [-0.2, -0.15) is 4.98 Å². The molecule has 0 spiro atoms. The zero-order chi connectivity index (χ0) is 13.8. The molecule has 0 amide bonds. The fraction of sp³-hybridized carbons (Fsp3) is 0.867. The molecule has 5 heteroatoms. The van der Waals surface area contributed by atoms with E-state index in [-0.39, 0.29) is 6.04 Å². The molecular formula is C15H26N4O. The number of rotatable bonds is 4. The molecular weight excluding hydrogens is 252 g/mol. The van der Waals surface area contributed by atoms with E-state index in [0.29, 0.717) is 11.7 Å². The van der Waals surface area contributed by atoms with E-state index in [1.165, 1.54) is 51.4 Å². The molecule has 1 unspecified atom stereocenters. The predicted molar refractivity (Wildman–Crippen MR) is 77.3 cm³/mol. The Morgan fingerprint density at radius 1 is 1.10 bits per heavy atom. The maximum Gasteiger partial charge on any atom is 0.229 e. The third-order valence-electron chi connectivity index (χ3n) is 4.65. The van der Waals surface area contributed by atoms with E-state index < -0.39 is 0 Å². The van der Waals surface area contributed by atoms with Gasteiger partial charge in [-0.25, -0.2) is 0 Å². The number of hydrogen-bond donors (Lipinski definition) is 1. The molecule has 1 aliphatic heterocycles. The molecule has 0 aromatic carbocycles. The highest BCUT2D eigenvalue weighted by atomic mass is 16.5. The first-order valence-electron chi connectivity index (χ1n) is 8.14. The minimum Gasteiger partial charge on any atom is -0.339 e. The summed E-state index contributed by atoms with van der Waals surface area (Å²) in [5.74, 6) is 1.97. The van der Waals surface area contributed by atoms with Crippen molar-refractivity contribution in [2.24, 2.45) is 5.73 Å². The van der Waals surface area contributed by atoms with Crippen molar-refractivity contribution >= 4 is 0 Å². The third-order valence-corrected chi connectivity index (χ3v) is 4.65. The molecule has 1 saturated carbocycles. The first-order valence-corrected chi connectivity index (χ1v) is 8.14. The van der Waals surface area contributed by atoms with Gasteiger partial charge in [0.15, 0.2) is 5.82 Å². The standard InChI is InChI=1S/C15H26N4O/c16-13(11-19-9-5-2-6-10-19)14-17-15(20-18-14)12-7-3-1-4-8-12/h12-13H,1-11,16H2. The Labute approximate surface area is 120 Å². The topological polar surface area (TPSA) is 68.2 Å². The Balaban J connectivity index is 1.57. The van der Waals surface area contributed by atoms with Crippen LogP contribution >= 0.6 is 0 Å². The van der Waals surface area contributed by atoms with E-state index in [1.807, 2.05) is 0 Å². The Hall–Kier alpha value is -0.940. The fourth-order valence-electron chi connectivity index (χ4n) is 3.42. The van der Waals surface area contributed by atoms with Crippen LogP contribution in [0.1, 0.15) is 75.0 Å². The summed E-state index contributed by atoms with van der Waals surface area (Å²) >= 11 is 0.